The van der Waals surface area contributed by atoms with E-state index in [-0.39, 0.29) is 0 Å². The van der Waals surface area contributed by atoms with Crippen molar-refractivity contribution in [1.29, 1.82) is 0 Å². The Bertz CT molecular complexity index is 440. The molecule has 0 radical (unpaired) electrons. The van der Waals surface area contributed by atoms with Crippen molar-refractivity contribution in [3.05, 3.63) is 23.9 Å². The van der Waals surface area contributed by atoms with Gasteiger partial charge in [-0.3, -0.25) is 4.90 Å². The zero-order valence-corrected chi connectivity index (χ0v) is 12.8. The maximum atomic E-state index is 4.62. The van der Waals surface area contributed by atoms with E-state index in [1.54, 1.807) is 0 Å². The second-order valence-electron chi connectivity index (χ2n) is 6.76. The number of hydrogen-bond donors (Lipinski definition) is 1. The minimum absolute atomic E-state index is 0.564. The van der Waals surface area contributed by atoms with Gasteiger partial charge in [0.2, 0.25) is 0 Å². The van der Waals surface area contributed by atoms with Crippen LogP contribution in [0, 0.1) is 5.92 Å². The van der Waals surface area contributed by atoms with E-state index in [0.29, 0.717) is 12.1 Å². The van der Waals surface area contributed by atoms with Gasteiger partial charge in [0.25, 0.3) is 0 Å². The zero-order chi connectivity index (χ0) is 13.9. The molecule has 2 aliphatic rings. The van der Waals surface area contributed by atoms with E-state index in [9.17, 15) is 0 Å². The Morgan fingerprint density at radius 2 is 2.15 bits per heavy atom. The quantitative estimate of drug-likeness (QED) is 0.883. The van der Waals surface area contributed by atoms with Crippen molar-refractivity contribution in [2.75, 3.05) is 18.4 Å². The summed E-state index contributed by atoms with van der Waals surface area (Å²) in [5, 5.41) is 3.66. The normalized spacial score (nSPS) is 24.1. The van der Waals surface area contributed by atoms with Gasteiger partial charge in [0, 0.05) is 30.4 Å². The summed E-state index contributed by atoms with van der Waals surface area (Å²) in [5.41, 5.74) is 1.41. The third-order valence-electron chi connectivity index (χ3n) is 4.61. The van der Waals surface area contributed by atoms with Gasteiger partial charge >= 0.3 is 0 Å². The molecular formula is C17H27N3. The molecule has 1 atom stereocenters. The molecule has 1 saturated carbocycles. The lowest BCUT2D eigenvalue weighted by atomic mass is 9.92. The predicted octanol–water partition coefficient (Wildman–Crippen LogP) is 3.84. The van der Waals surface area contributed by atoms with Crippen molar-refractivity contribution in [2.45, 2.75) is 58.0 Å². The third-order valence-corrected chi connectivity index (χ3v) is 4.61. The summed E-state index contributed by atoms with van der Waals surface area (Å²) >= 11 is 0. The fraction of sp³-hybridized carbons (Fsp3) is 0.706. The molecule has 110 valence electrons. The van der Waals surface area contributed by atoms with Gasteiger partial charge in [0.1, 0.15) is 5.82 Å². The Labute approximate surface area is 122 Å². The molecule has 2 heterocycles. The van der Waals surface area contributed by atoms with Crippen LogP contribution in [0.15, 0.2) is 18.3 Å². The van der Waals surface area contributed by atoms with Crippen LogP contribution in [0.5, 0.6) is 0 Å². The van der Waals surface area contributed by atoms with Crippen molar-refractivity contribution in [1.82, 2.24) is 9.88 Å². The number of likely N-dealkylation sites (tertiary alicyclic amines) is 1. The van der Waals surface area contributed by atoms with E-state index in [2.05, 4.69) is 41.2 Å². The number of aromatic nitrogens is 1. The molecule has 20 heavy (non-hydrogen) atoms. The van der Waals surface area contributed by atoms with E-state index >= 15 is 0 Å². The Morgan fingerprint density at radius 1 is 1.30 bits per heavy atom. The Morgan fingerprint density at radius 3 is 2.85 bits per heavy atom. The lowest BCUT2D eigenvalue weighted by Gasteiger charge is -2.31. The first-order chi connectivity index (χ1) is 9.74. The van der Waals surface area contributed by atoms with Gasteiger partial charge in [-0.15, -0.1) is 0 Å². The van der Waals surface area contributed by atoms with Crippen LogP contribution in [0.25, 0.3) is 0 Å². The predicted molar refractivity (Wildman–Crippen MR) is 83.9 cm³/mol. The van der Waals surface area contributed by atoms with Crippen molar-refractivity contribution in [3.8, 4) is 0 Å². The number of pyridine rings is 1. The Kier molecular flexibility index (Phi) is 4.25. The van der Waals surface area contributed by atoms with Crippen LogP contribution in [-0.4, -0.2) is 29.0 Å². The van der Waals surface area contributed by atoms with Crippen molar-refractivity contribution in [3.63, 3.8) is 0 Å². The van der Waals surface area contributed by atoms with Crippen LogP contribution in [0.3, 0.4) is 0 Å². The molecule has 1 saturated heterocycles. The lowest BCUT2D eigenvalue weighted by Crippen LogP contribution is -2.31. The summed E-state index contributed by atoms with van der Waals surface area (Å²) in [5.74, 6) is 1.87. The molecule has 0 spiro atoms. The smallest absolute Gasteiger partial charge is 0.130 e. The molecule has 3 heteroatoms. The van der Waals surface area contributed by atoms with Crippen molar-refractivity contribution in [2.24, 2.45) is 5.92 Å². The van der Waals surface area contributed by atoms with Gasteiger partial charge < -0.3 is 5.32 Å². The molecule has 3 rings (SSSR count). The van der Waals surface area contributed by atoms with Crippen molar-refractivity contribution < 1.29 is 0 Å². The van der Waals surface area contributed by atoms with Gasteiger partial charge in [-0.25, -0.2) is 4.98 Å². The lowest BCUT2D eigenvalue weighted by molar-refractivity contribution is 0.229. The second kappa shape index (κ2) is 6.13. The summed E-state index contributed by atoms with van der Waals surface area (Å²) in [6, 6.07) is 5.59. The molecule has 2 fully saturated rings. The van der Waals surface area contributed by atoms with Crippen molar-refractivity contribution >= 4 is 5.82 Å². The number of anilines is 1. The fourth-order valence-electron chi connectivity index (χ4n) is 3.42. The first-order valence-corrected chi connectivity index (χ1v) is 8.19. The first kappa shape index (κ1) is 13.9. The van der Waals surface area contributed by atoms with Gasteiger partial charge in [0.15, 0.2) is 0 Å². The summed E-state index contributed by atoms with van der Waals surface area (Å²) in [7, 11) is 0. The Balaban J connectivity index is 1.77. The van der Waals surface area contributed by atoms with Gasteiger partial charge in [0.05, 0.1) is 0 Å². The van der Waals surface area contributed by atoms with Crippen LogP contribution in [-0.2, 0) is 0 Å². The molecule has 1 aliphatic heterocycles. The highest BCUT2D eigenvalue weighted by Crippen LogP contribution is 2.36. The zero-order valence-electron chi connectivity index (χ0n) is 12.8. The van der Waals surface area contributed by atoms with Crippen LogP contribution < -0.4 is 5.32 Å². The average molecular weight is 273 g/mol. The summed E-state index contributed by atoms with van der Waals surface area (Å²) in [6.45, 7) is 7.06. The molecule has 0 aromatic carbocycles. The van der Waals surface area contributed by atoms with E-state index in [4.69, 9.17) is 0 Å². The molecule has 0 amide bonds. The molecule has 0 bridgehead atoms. The highest BCUT2D eigenvalue weighted by molar-refractivity contribution is 5.47. The highest BCUT2D eigenvalue weighted by atomic mass is 15.2. The standard InChI is InChI=1S/C17H27N3/c1-13(2)12-20-11-5-9-16(20)15-8-4-10-18-17(15)19-14-6-3-7-14/h4,8,10,13-14,16H,3,5-7,9,11-12H2,1-2H3,(H,18,19)/t16-/m0/s1. The average Bonchev–Trinajstić information content (AvgIpc) is 2.81. The number of hydrogen-bond acceptors (Lipinski definition) is 3. The molecule has 1 N–H and O–H groups in total. The first-order valence-electron chi connectivity index (χ1n) is 8.19. The molecule has 1 aromatic heterocycles. The maximum absolute atomic E-state index is 4.62. The van der Waals surface area contributed by atoms with Crippen LogP contribution >= 0.6 is 0 Å². The summed E-state index contributed by atoms with van der Waals surface area (Å²) < 4.78 is 0. The summed E-state index contributed by atoms with van der Waals surface area (Å²) in [4.78, 5) is 7.27. The van der Waals surface area contributed by atoms with Crippen LogP contribution in [0.1, 0.15) is 57.6 Å². The largest absolute Gasteiger partial charge is 0.367 e. The van der Waals surface area contributed by atoms with E-state index in [1.165, 1.54) is 50.8 Å². The van der Waals surface area contributed by atoms with E-state index < -0.39 is 0 Å². The Hall–Kier alpha value is -1.09. The minimum atomic E-state index is 0.564. The van der Waals surface area contributed by atoms with E-state index in [1.807, 2.05) is 6.20 Å². The topological polar surface area (TPSA) is 28.2 Å². The fourth-order valence-corrected chi connectivity index (χ4v) is 3.42. The van der Waals surface area contributed by atoms with Gasteiger partial charge in [-0.2, -0.15) is 0 Å². The summed E-state index contributed by atoms with van der Waals surface area (Å²) in [6.07, 6.45) is 8.48. The molecule has 0 unspecified atom stereocenters. The number of nitrogens with one attached hydrogen (secondary N) is 1. The van der Waals surface area contributed by atoms with Gasteiger partial charge in [-0.05, 0) is 50.6 Å². The second-order valence-corrected chi connectivity index (χ2v) is 6.76. The van der Waals surface area contributed by atoms with Crippen LogP contribution in [0.4, 0.5) is 5.82 Å². The molecular weight excluding hydrogens is 246 g/mol. The number of nitrogens with zero attached hydrogens (tertiary/aromatic N) is 2. The maximum Gasteiger partial charge on any atom is 0.130 e. The minimum Gasteiger partial charge on any atom is -0.367 e. The SMILES string of the molecule is CC(C)CN1CCC[C@H]1c1cccnc1NC1CCC1. The molecule has 1 aromatic rings. The van der Waals surface area contributed by atoms with Gasteiger partial charge in [-0.1, -0.05) is 19.9 Å². The number of rotatable bonds is 5. The van der Waals surface area contributed by atoms with E-state index in [0.717, 1.165) is 11.7 Å². The highest BCUT2D eigenvalue weighted by Gasteiger charge is 2.29. The third kappa shape index (κ3) is 2.98. The molecule has 1 aliphatic carbocycles. The monoisotopic (exact) mass is 273 g/mol. The van der Waals surface area contributed by atoms with Crippen LogP contribution in [0.2, 0.25) is 0 Å². The molecule has 3 nitrogen and oxygen atoms in total.